The molecular weight excluding hydrogens is 308 g/mol. The van der Waals surface area contributed by atoms with E-state index in [1.807, 2.05) is 13.0 Å². The number of rotatable bonds is 2. The number of allylic oxidation sites excluding steroid dienone is 1. The Bertz CT molecular complexity index is 632. The molecule has 0 N–H and O–H groups in total. The van der Waals surface area contributed by atoms with Gasteiger partial charge in [0.25, 0.3) is 0 Å². The van der Waals surface area contributed by atoms with Crippen LogP contribution in [0.4, 0.5) is 0 Å². The second-order valence-corrected chi connectivity index (χ2v) is 10.0. The highest BCUT2D eigenvalue weighted by atomic mass is 16.1. The van der Waals surface area contributed by atoms with Gasteiger partial charge in [0, 0.05) is 12.3 Å². The van der Waals surface area contributed by atoms with Crippen molar-refractivity contribution < 1.29 is 9.59 Å². The van der Waals surface area contributed by atoms with Crippen LogP contribution in [0, 0.1) is 40.4 Å². The first-order valence-electron chi connectivity index (χ1n) is 10.6. The van der Waals surface area contributed by atoms with Crippen molar-refractivity contribution in [2.24, 2.45) is 40.4 Å². The largest absolute Gasteiger partial charge is 0.300 e. The molecule has 4 aliphatic rings. The van der Waals surface area contributed by atoms with Crippen LogP contribution in [-0.4, -0.2) is 11.6 Å². The van der Waals surface area contributed by atoms with E-state index in [1.54, 1.807) is 0 Å². The van der Waals surface area contributed by atoms with E-state index in [4.69, 9.17) is 0 Å². The van der Waals surface area contributed by atoms with E-state index < -0.39 is 0 Å². The summed E-state index contributed by atoms with van der Waals surface area (Å²) in [5.74, 6) is 3.83. The Hall–Kier alpha value is -0.920. The first kappa shape index (κ1) is 17.5. The molecule has 0 saturated heterocycles. The van der Waals surface area contributed by atoms with Crippen molar-refractivity contribution in [3.63, 3.8) is 0 Å². The van der Waals surface area contributed by atoms with Crippen LogP contribution in [0.2, 0.25) is 0 Å². The van der Waals surface area contributed by atoms with Crippen LogP contribution in [-0.2, 0) is 9.59 Å². The van der Waals surface area contributed by atoms with E-state index >= 15 is 0 Å². The van der Waals surface area contributed by atoms with E-state index in [0.29, 0.717) is 23.4 Å². The van der Waals surface area contributed by atoms with Gasteiger partial charge in [-0.3, -0.25) is 9.59 Å². The molecule has 3 fully saturated rings. The van der Waals surface area contributed by atoms with Crippen LogP contribution in [0.3, 0.4) is 0 Å². The lowest BCUT2D eigenvalue weighted by atomic mass is 9.46. The molecule has 0 bridgehead atoms. The van der Waals surface area contributed by atoms with Gasteiger partial charge in [-0.2, -0.15) is 0 Å². The first-order valence-corrected chi connectivity index (χ1v) is 10.6. The Balaban J connectivity index is 1.69. The van der Waals surface area contributed by atoms with Gasteiger partial charge < -0.3 is 0 Å². The predicted octanol–water partition coefficient (Wildman–Crippen LogP) is 5.36. The van der Waals surface area contributed by atoms with E-state index in [0.717, 1.165) is 37.5 Å². The van der Waals surface area contributed by atoms with E-state index in [1.165, 1.54) is 31.3 Å². The normalized spacial score (nSPS) is 49.0. The lowest BCUT2D eigenvalue weighted by Gasteiger charge is -2.58. The zero-order chi connectivity index (χ0) is 18.0. The summed E-state index contributed by atoms with van der Waals surface area (Å²) in [6.45, 7) is 8.99. The van der Waals surface area contributed by atoms with Crippen LogP contribution in [0.25, 0.3) is 0 Å². The second-order valence-electron chi connectivity index (χ2n) is 10.0. The molecule has 138 valence electrons. The quantitative estimate of drug-likeness (QED) is 0.677. The summed E-state index contributed by atoms with van der Waals surface area (Å²) in [5, 5.41) is 0. The van der Waals surface area contributed by atoms with Crippen LogP contribution >= 0.6 is 0 Å². The van der Waals surface area contributed by atoms with Crippen LogP contribution in [0.1, 0.15) is 79.1 Å². The highest BCUT2D eigenvalue weighted by Gasteiger charge is 2.61. The van der Waals surface area contributed by atoms with Crippen molar-refractivity contribution >= 4 is 11.6 Å². The van der Waals surface area contributed by atoms with Crippen molar-refractivity contribution in [3.8, 4) is 0 Å². The summed E-state index contributed by atoms with van der Waals surface area (Å²) in [6, 6.07) is 0. The predicted molar refractivity (Wildman–Crippen MR) is 100 cm³/mol. The lowest BCUT2D eigenvalue weighted by Crippen LogP contribution is -2.51. The molecule has 7 atom stereocenters. The van der Waals surface area contributed by atoms with Gasteiger partial charge in [-0.15, -0.1) is 0 Å². The molecule has 25 heavy (non-hydrogen) atoms. The molecule has 0 heterocycles. The molecule has 4 rings (SSSR count). The van der Waals surface area contributed by atoms with E-state index in [9.17, 15) is 9.59 Å². The zero-order valence-electron chi connectivity index (χ0n) is 16.4. The maximum Gasteiger partial charge on any atom is 0.155 e. The number of hydrogen-bond acceptors (Lipinski definition) is 2. The number of Topliss-reactive ketones (excluding diaryl/α,β-unsaturated/α-hetero) is 1. The Morgan fingerprint density at radius 3 is 2.60 bits per heavy atom. The molecule has 0 radical (unpaired) electrons. The van der Waals surface area contributed by atoms with Gasteiger partial charge in [-0.1, -0.05) is 32.8 Å². The molecular formula is C23H34O2. The van der Waals surface area contributed by atoms with Gasteiger partial charge >= 0.3 is 0 Å². The van der Waals surface area contributed by atoms with Crippen LogP contribution in [0.5, 0.6) is 0 Å². The molecule has 0 unspecified atom stereocenters. The number of hydrogen-bond donors (Lipinski definition) is 0. The minimum atomic E-state index is 0.218. The Labute approximate surface area is 152 Å². The van der Waals surface area contributed by atoms with Crippen molar-refractivity contribution in [2.45, 2.75) is 79.1 Å². The number of ketones is 2. The van der Waals surface area contributed by atoms with E-state index in [2.05, 4.69) is 20.8 Å². The third-order valence-electron chi connectivity index (χ3n) is 9.10. The topological polar surface area (TPSA) is 34.1 Å². The van der Waals surface area contributed by atoms with Gasteiger partial charge in [0.05, 0.1) is 0 Å². The summed E-state index contributed by atoms with van der Waals surface area (Å²) in [7, 11) is 0. The van der Waals surface area contributed by atoms with Crippen LogP contribution in [0.15, 0.2) is 11.6 Å². The Morgan fingerprint density at radius 1 is 1.16 bits per heavy atom. The first-order chi connectivity index (χ1) is 11.8. The lowest BCUT2D eigenvalue weighted by molar-refractivity contribution is -0.130. The summed E-state index contributed by atoms with van der Waals surface area (Å²) < 4.78 is 0. The van der Waals surface area contributed by atoms with Crippen molar-refractivity contribution in [2.75, 3.05) is 0 Å². The molecule has 0 aromatic rings. The monoisotopic (exact) mass is 342 g/mol. The summed E-state index contributed by atoms with van der Waals surface area (Å²) >= 11 is 0. The van der Waals surface area contributed by atoms with E-state index in [-0.39, 0.29) is 16.7 Å². The maximum absolute atomic E-state index is 12.5. The van der Waals surface area contributed by atoms with Crippen molar-refractivity contribution in [3.05, 3.63) is 11.6 Å². The minimum Gasteiger partial charge on any atom is -0.300 e. The van der Waals surface area contributed by atoms with Crippen molar-refractivity contribution in [1.82, 2.24) is 0 Å². The standard InChI is InChI=1S/C23H34O2/c1-5-15-12-20-18-7-6-16-13-17(25)8-10-22(16,3)19(18)9-11-23(20,4)21(15)14(2)24/h13,15,18-21H,5-12H2,1-4H3/t15-,18-,19-,20+,21-,22+,23+/m1/s1. The average molecular weight is 343 g/mol. The third kappa shape index (κ3) is 2.35. The number of carbonyl (C=O) groups excluding carboxylic acids is 2. The average Bonchev–Trinajstić information content (AvgIpc) is 2.88. The molecule has 3 saturated carbocycles. The number of fused-ring (bicyclic) bond motifs is 5. The molecule has 4 aliphatic carbocycles. The molecule has 0 amide bonds. The van der Waals surface area contributed by atoms with Crippen molar-refractivity contribution in [1.29, 1.82) is 0 Å². The molecule has 2 nitrogen and oxygen atoms in total. The number of carbonyl (C=O) groups is 2. The van der Waals surface area contributed by atoms with Gasteiger partial charge in [0.2, 0.25) is 0 Å². The highest BCUT2D eigenvalue weighted by molar-refractivity contribution is 5.91. The Morgan fingerprint density at radius 2 is 1.92 bits per heavy atom. The van der Waals surface area contributed by atoms with Gasteiger partial charge in [0.1, 0.15) is 5.78 Å². The molecule has 0 spiro atoms. The SMILES string of the molecule is CC[C@@H]1C[C@H]2[C@@H]3CCC4=CC(=O)CC[C@]4(C)[C@@H]3CC[C@]2(C)[C@@H]1C(C)=O. The second kappa shape index (κ2) is 5.79. The summed E-state index contributed by atoms with van der Waals surface area (Å²) in [6.07, 6.45) is 11.0. The smallest absolute Gasteiger partial charge is 0.155 e. The fraction of sp³-hybridized carbons (Fsp3) is 0.826. The minimum absolute atomic E-state index is 0.218. The van der Waals surface area contributed by atoms with Gasteiger partial charge in [-0.05, 0) is 86.0 Å². The fourth-order valence-corrected chi connectivity index (χ4v) is 7.94. The summed E-state index contributed by atoms with van der Waals surface area (Å²) in [5.41, 5.74) is 1.91. The highest BCUT2D eigenvalue weighted by Crippen LogP contribution is 2.68. The third-order valence-corrected chi connectivity index (χ3v) is 9.10. The summed E-state index contributed by atoms with van der Waals surface area (Å²) in [4.78, 5) is 24.5. The molecule has 0 aliphatic heterocycles. The fourth-order valence-electron chi connectivity index (χ4n) is 7.94. The van der Waals surface area contributed by atoms with Crippen LogP contribution < -0.4 is 0 Å². The van der Waals surface area contributed by atoms with Gasteiger partial charge in [0.15, 0.2) is 5.78 Å². The molecule has 2 heteroatoms. The molecule has 0 aromatic carbocycles. The Kier molecular flexibility index (Phi) is 4.05. The zero-order valence-corrected chi connectivity index (χ0v) is 16.4. The van der Waals surface area contributed by atoms with Gasteiger partial charge in [-0.25, -0.2) is 0 Å². The maximum atomic E-state index is 12.5. The molecule has 0 aromatic heterocycles.